The lowest BCUT2D eigenvalue weighted by Crippen LogP contribution is -2.09. The van der Waals surface area contributed by atoms with E-state index in [1.807, 2.05) is 66.7 Å². The van der Waals surface area contributed by atoms with Crippen molar-refractivity contribution < 1.29 is 5.11 Å². The maximum Gasteiger partial charge on any atom is 0.260 e. The average Bonchev–Trinajstić information content (AvgIpc) is 2.67. The van der Waals surface area contributed by atoms with Crippen molar-refractivity contribution in [3.8, 4) is 16.9 Å². The number of aromatic amines is 1. The molecule has 1 heterocycles. The van der Waals surface area contributed by atoms with Gasteiger partial charge < -0.3 is 10.1 Å². The number of H-pyrrole nitrogens is 1. The van der Waals surface area contributed by atoms with E-state index < -0.39 is 0 Å². The number of rotatable bonds is 3. The molecule has 132 valence electrons. The molecule has 0 aliphatic rings. The highest BCUT2D eigenvalue weighted by Gasteiger charge is 2.14. The molecule has 0 aliphatic carbocycles. The number of hydrogen-bond donors (Lipinski definition) is 2. The summed E-state index contributed by atoms with van der Waals surface area (Å²) in [5.74, 6) is -0.0467. The molecule has 4 rings (SSSR count). The summed E-state index contributed by atoms with van der Waals surface area (Å²) >= 11 is 5.97. The van der Waals surface area contributed by atoms with Gasteiger partial charge in [-0.3, -0.25) is 4.79 Å². The van der Waals surface area contributed by atoms with Crippen molar-refractivity contribution in [2.75, 3.05) is 0 Å². The predicted octanol–water partition coefficient (Wildman–Crippen LogP) is 5.72. The number of benzene rings is 3. The van der Waals surface area contributed by atoms with E-state index in [0.717, 1.165) is 11.1 Å². The first-order valence-electron chi connectivity index (χ1n) is 8.50. The van der Waals surface area contributed by atoms with Crippen LogP contribution in [0.3, 0.4) is 0 Å². The molecule has 1 aromatic heterocycles. The predicted molar refractivity (Wildman–Crippen MR) is 112 cm³/mol. The van der Waals surface area contributed by atoms with Crippen molar-refractivity contribution in [2.45, 2.75) is 0 Å². The first kappa shape index (κ1) is 17.1. The maximum absolute atomic E-state index is 12.6. The van der Waals surface area contributed by atoms with Crippen LogP contribution in [-0.4, -0.2) is 10.1 Å². The molecule has 0 spiro atoms. The minimum absolute atomic E-state index is 0.0467. The fraction of sp³-hybridized carbons (Fsp3) is 0. The third-order valence-corrected chi connectivity index (χ3v) is 4.63. The molecule has 2 N–H and O–H groups in total. The highest BCUT2D eigenvalue weighted by atomic mass is 35.5. The average molecular weight is 374 g/mol. The van der Waals surface area contributed by atoms with Gasteiger partial charge in [0.2, 0.25) is 0 Å². The van der Waals surface area contributed by atoms with E-state index in [0.29, 0.717) is 21.5 Å². The minimum atomic E-state index is -0.355. The van der Waals surface area contributed by atoms with Gasteiger partial charge in [0.25, 0.3) is 5.56 Å². The SMILES string of the molecule is O=c1[nH]c2cc(Cl)ccc2c(O)c1-c1cccc(/C=C/c2ccccc2)c1. The molecular formula is C23H16ClNO2. The molecule has 0 saturated carbocycles. The highest BCUT2D eigenvalue weighted by molar-refractivity contribution is 6.31. The molecule has 4 heteroatoms. The molecule has 0 fully saturated rings. The first-order valence-corrected chi connectivity index (χ1v) is 8.88. The standard InChI is InChI=1S/C23H16ClNO2/c24-18-11-12-19-20(14-18)25-23(27)21(22(19)26)17-8-4-7-16(13-17)10-9-15-5-2-1-3-6-15/h1-14H,(H2,25,26,27)/b10-9+. The van der Waals surface area contributed by atoms with Crippen LogP contribution in [0.25, 0.3) is 34.2 Å². The molecule has 3 nitrogen and oxygen atoms in total. The van der Waals surface area contributed by atoms with E-state index in [1.54, 1.807) is 18.2 Å². The van der Waals surface area contributed by atoms with Gasteiger partial charge in [-0.1, -0.05) is 72.3 Å². The van der Waals surface area contributed by atoms with Crippen molar-refractivity contribution >= 4 is 34.7 Å². The largest absolute Gasteiger partial charge is 0.506 e. The lowest BCUT2D eigenvalue weighted by Gasteiger charge is -2.08. The molecule has 0 unspecified atom stereocenters. The molecule has 27 heavy (non-hydrogen) atoms. The van der Waals surface area contributed by atoms with Crippen LogP contribution >= 0.6 is 11.6 Å². The van der Waals surface area contributed by atoms with Gasteiger partial charge in [0, 0.05) is 10.4 Å². The molecule has 0 aliphatic heterocycles. The lowest BCUT2D eigenvalue weighted by molar-refractivity contribution is 0.482. The normalized spacial score (nSPS) is 11.3. The van der Waals surface area contributed by atoms with Gasteiger partial charge in [-0.05, 0) is 41.0 Å². The van der Waals surface area contributed by atoms with Crippen LogP contribution < -0.4 is 5.56 Å². The van der Waals surface area contributed by atoms with Gasteiger partial charge in [0.1, 0.15) is 5.75 Å². The molecular weight excluding hydrogens is 358 g/mol. The number of nitrogens with one attached hydrogen (secondary N) is 1. The molecule has 4 aromatic rings. The Morgan fingerprint density at radius 3 is 2.41 bits per heavy atom. The highest BCUT2D eigenvalue weighted by Crippen LogP contribution is 2.33. The number of hydrogen-bond acceptors (Lipinski definition) is 2. The Balaban J connectivity index is 1.79. The molecule has 0 radical (unpaired) electrons. The van der Waals surface area contributed by atoms with Crippen LogP contribution in [0.5, 0.6) is 5.75 Å². The summed E-state index contributed by atoms with van der Waals surface area (Å²) < 4.78 is 0. The van der Waals surface area contributed by atoms with E-state index in [-0.39, 0.29) is 16.9 Å². The van der Waals surface area contributed by atoms with Crippen LogP contribution in [0.4, 0.5) is 0 Å². The van der Waals surface area contributed by atoms with Gasteiger partial charge in [-0.15, -0.1) is 0 Å². The number of aromatic nitrogens is 1. The number of fused-ring (bicyclic) bond motifs is 1. The zero-order valence-electron chi connectivity index (χ0n) is 14.3. The van der Waals surface area contributed by atoms with E-state index >= 15 is 0 Å². The number of aromatic hydroxyl groups is 1. The number of halogens is 1. The van der Waals surface area contributed by atoms with E-state index in [2.05, 4.69) is 4.98 Å². The zero-order valence-corrected chi connectivity index (χ0v) is 15.1. The third-order valence-electron chi connectivity index (χ3n) is 4.39. The van der Waals surface area contributed by atoms with Crippen LogP contribution in [0, 0.1) is 0 Å². The summed E-state index contributed by atoms with van der Waals surface area (Å²) in [4.78, 5) is 15.4. The number of pyridine rings is 1. The lowest BCUT2D eigenvalue weighted by atomic mass is 10.0. The first-order chi connectivity index (χ1) is 13.1. The maximum atomic E-state index is 12.6. The Morgan fingerprint density at radius 2 is 1.59 bits per heavy atom. The second-order valence-corrected chi connectivity index (χ2v) is 6.67. The van der Waals surface area contributed by atoms with Crippen LogP contribution in [0.1, 0.15) is 11.1 Å². The van der Waals surface area contributed by atoms with Crippen LogP contribution in [-0.2, 0) is 0 Å². The Morgan fingerprint density at radius 1 is 0.852 bits per heavy atom. The fourth-order valence-corrected chi connectivity index (χ4v) is 3.25. The van der Waals surface area contributed by atoms with E-state index in [4.69, 9.17) is 11.6 Å². The fourth-order valence-electron chi connectivity index (χ4n) is 3.08. The summed E-state index contributed by atoms with van der Waals surface area (Å²) in [6.45, 7) is 0. The summed E-state index contributed by atoms with van der Waals surface area (Å²) in [6, 6.07) is 22.5. The Labute approximate surface area is 161 Å². The summed E-state index contributed by atoms with van der Waals surface area (Å²) in [7, 11) is 0. The second-order valence-electron chi connectivity index (χ2n) is 6.24. The summed E-state index contributed by atoms with van der Waals surface area (Å²) in [6.07, 6.45) is 3.98. The van der Waals surface area contributed by atoms with Crippen molar-refractivity contribution in [3.63, 3.8) is 0 Å². The van der Waals surface area contributed by atoms with Crippen molar-refractivity contribution in [2.24, 2.45) is 0 Å². The zero-order chi connectivity index (χ0) is 18.8. The topological polar surface area (TPSA) is 53.1 Å². The monoisotopic (exact) mass is 373 g/mol. The Kier molecular flexibility index (Phi) is 4.53. The van der Waals surface area contributed by atoms with Crippen molar-refractivity contribution in [1.82, 2.24) is 4.98 Å². The van der Waals surface area contributed by atoms with Gasteiger partial charge in [-0.25, -0.2) is 0 Å². The van der Waals surface area contributed by atoms with Gasteiger partial charge in [-0.2, -0.15) is 0 Å². The Bertz CT molecular complexity index is 1210. The smallest absolute Gasteiger partial charge is 0.260 e. The molecule has 0 bridgehead atoms. The van der Waals surface area contributed by atoms with Crippen molar-refractivity contribution in [1.29, 1.82) is 0 Å². The van der Waals surface area contributed by atoms with E-state index in [1.165, 1.54) is 0 Å². The quantitative estimate of drug-likeness (QED) is 0.451. The molecule has 0 amide bonds. The summed E-state index contributed by atoms with van der Waals surface area (Å²) in [5.41, 5.74) is 3.08. The van der Waals surface area contributed by atoms with Crippen molar-refractivity contribution in [3.05, 3.63) is 99.3 Å². The van der Waals surface area contributed by atoms with Crippen LogP contribution in [0.15, 0.2) is 77.6 Å². The molecule has 0 atom stereocenters. The molecule has 3 aromatic carbocycles. The second kappa shape index (κ2) is 7.14. The Hall–Kier alpha value is -3.30. The van der Waals surface area contributed by atoms with Gasteiger partial charge in [0.15, 0.2) is 0 Å². The van der Waals surface area contributed by atoms with Crippen LogP contribution in [0.2, 0.25) is 5.02 Å². The van der Waals surface area contributed by atoms with Gasteiger partial charge in [0.05, 0.1) is 11.1 Å². The van der Waals surface area contributed by atoms with Gasteiger partial charge >= 0.3 is 0 Å². The molecule has 0 saturated heterocycles. The summed E-state index contributed by atoms with van der Waals surface area (Å²) in [5, 5.41) is 11.7. The minimum Gasteiger partial charge on any atom is -0.506 e. The van der Waals surface area contributed by atoms with E-state index in [9.17, 15) is 9.90 Å². The third kappa shape index (κ3) is 3.50.